The van der Waals surface area contributed by atoms with E-state index < -0.39 is 7.12 Å². The van der Waals surface area contributed by atoms with Crippen LogP contribution in [0.3, 0.4) is 0 Å². The van der Waals surface area contributed by atoms with E-state index in [2.05, 4.69) is 4.98 Å². The molecule has 0 aliphatic rings. The van der Waals surface area contributed by atoms with Crippen LogP contribution >= 0.6 is 0 Å². The number of hydrogen-bond donors (Lipinski definition) is 2. The van der Waals surface area contributed by atoms with E-state index in [1.165, 1.54) is 12.3 Å². The molecule has 1 aromatic rings. The second-order valence-electron chi connectivity index (χ2n) is 2.44. The Morgan fingerprint density at radius 1 is 1.58 bits per heavy atom. The van der Waals surface area contributed by atoms with Gasteiger partial charge in [0.05, 0.1) is 0 Å². The van der Waals surface area contributed by atoms with Crippen LogP contribution in [0.4, 0.5) is 0 Å². The van der Waals surface area contributed by atoms with Gasteiger partial charge in [-0.25, -0.2) is 4.98 Å². The molecular weight excluding hydrogens is 155 g/mol. The molecule has 1 aromatic heterocycles. The van der Waals surface area contributed by atoms with Gasteiger partial charge in [-0.05, 0) is 12.5 Å². The minimum absolute atomic E-state index is 0.0515. The molecule has 0 radical (unpaired) electrons. The quantitative estimate of drug-likeness (QED) is 0.516. The Labute approximate surface area is 70.3 Å². The summed E-state index contributed by atoms with van der Waals surface area (Å²) in [6, 6.07) is 3.30. The molecule has 0 atom stereocenters. The van der Waals surface area contributed by atoms with E-state index in [9.17, 15) is 0 Å². The number of rotatable bonds is 1. The third kappa shape index (κ3) is 1.61. The average molecular weight is 162 g/mol. The standard InChI is InChI=1S/C7H7BN2O2/c1-5-2-6(8(11)12)7(3-9)10-4-5/h2,4,11-12H,1H3. The lowest BCUT2D eigenvalue weighted by Gasteiger charge is -2.01. The Kier molecular flexibility index (Phi) is 2.43. The summed E-state index contributed by atoms with van der Waals surface area (Å²) in [5, 5.41) is 26.2. The zero-order chi connectivity index (χ0) is 9.14. The molecule has 12 heavy (non-hydrogen) atoms. The van der Waals surface area contributed by atoms with E-state index in [1.54, 1.807) is 13.0 Å². The van der Waals surface area contributed by atoms with Gasteiger partial charge < -0.3 is 10.0 Å². The molecule has 0 fully saturated rings. The smallest absolute Gasteiger partial charge is 0.423 e. The fourth-order valence-electron chi connectivity index (χ4n) is 0.882. The van der Waals surface area contributed by atoms with Gasteiger partial charge in [-0.2, -0.15) is 5.26 Å². The summed E-state index contributed by atoms with van der Waals surface area (Å²) in [5.74, 6) is 0. The average Bonchev–Trinajstić information content (AvgIpc) is 2.04. The van der Waals surface area contributed by atoms with Crippen LogP contribution in [-0.4, -0.2) is 22.2 Å². The van der Waals surface area contributed by atoms with Crippen LogP contribution in [0.5, 0.6) is 0 Å². The molecule has 0 aliphatic carbocycles. The molecule has 5 heteroatoms. The van der Waals surface area contributed by atoms with Crippen LogP contribution in [0, 0.1) is 18.3 Å². The number of hydrogen-bond acceptors (Lipinski definition) is 4. The molecule has 0 bridgehead atoms. The van der Waals surface area contributed by atoms with Crippen LogP contribution in [0.1, 0.15) is 11.3 Å². The maximum atomic E-state index is 8.82. The number of nitriles is 1. The predicted octanol–water partition coefficient (Wildman–Crippen LogP) is -1.06. The van der Waals surface area contributed by atoms with Gasteiger partial charge in [0.1, 0.15) is 11.8 Å². The van der Waals surface area contributed by atoms with Gasteiger partial charge in [0, 0.05) is 11.7 Å². The third-order valence-corrected chi connectivity index (χ3v) is 1.44. The molecule has 1 heterocycles. The molecular formula is C7H7BN2O2. The van der Waals surface area contributed by atoms with Gasteiger partial charge in [0.15, 0.2) is 0 Å². The maximum absolute atomic E-state index is 8.82. The highest BCUT2D eigenvalue weighted by atomic mass is 16.4. The fourth-order valence-corrected chi connectivity index (χ4v) is 0.882. The van der Waals surface area contributed by atoms with Crippen molar-refractivity contribution in [2.24, 2.45) is 0 Å². The van der Waals surface area contributed by atoms with Crippen molar-refractivity contribution in [1.82, 2.24) is 4.98 Å². The summed E-state index contributed by atoms with van der Waals surface area (Å²) in [7, 11) is -1.63. The second kappa shape index (κ2) is 3.35. The molecule has 0 aliphatic heterocycles. The van der Waals surface area contributed by atoms with Gasteiger partial charge in [0.25, 0.3) is 0 Å². The highest BCUT2D eigenvalue weighted by molar-refractivity contribution is 6.59. The van der Waals surface area contributed by atoms with E-state index in [-0.39, 0.29) is 11.2 Å². The molecule has 0 spiro atoms. The van der Waals surface area contributed by atoms with Gasteiger partial charge in [-0.3, -0.25) is 0 Å². The minimum Gasteiger partial charge on any atom is -0.423 e. The third-order valence-electron chi connectivity index (χ3n) is 1.44. The van der Waals surface area contributed by atoms with Crippen LogP contribution in [0.15, 0.2) is 12.3 Å². The second-order valence-corrected chi connectivity index (χ2v) is 2.44. The first-order chi connectivity index (χ1) is 5.65. The van der Waals surface area contributed by atoms with Crippen molar-refractivity contribution >= 4 is 12.6 Å². The number of aryl methyl sites for hydroxylation is 1. The fraction of sp³-hybridized carbons (Fsp3) is 0.143. The van der Waals surface area contributed by atoms with E-state index in [0.29, 0.717) is 0 Å². The SMILES string of the molecule is Cc1cnc(C#N)c(B(O)O)c1. The zero-order valence-electron chi connectivity index (χ0n) is 6.52. The summed E-state index contributed by atoms with van der Waals surface area (Å²) >= 11 is 0. The minimum atomic E-state index is -1.63. The normalized spacial score (nSPS) is 9.17. The molecule has 0 amide bonds. The first-order valence-electron chi connectivity index (χ1n) is 3.38. The Balaban J connectivity index is 3.24. The monoisotopic (exact) mass is 162 g/mol. The first-order valence-corrected chi connectivity index (χ1v) is 3.38. The molecule has 1 rings (SSSR count). The highest BCUT2D eigenvalue weighted by Crippen LogP contribution is 1.95. The number of pyridine rings is 1. The molecule has 2 N–H and O–H groups in total. The molecule has 60 valence electrons. The van der Waals surface area contributed by atoms with Gasteiger partial charge in [-0.1, -0.05) is 6.07 Å². The lowest BCUT2D eigenvalue weighted by molar-refractivity contribution is 0.425. The topological polar surface area (TPSA) is 77.1 Å². The van der Waals surface area contributed by atoms with E-state index >= 15 is 0 Å². The van der Waals surface area contributed by atoms with E-state index in [0.717, 1.165) is 5.56 Å². The van der Waals surface area contributed by atoms with E-state index in [4.69, 9.17) is 15.3 Å². The molecule has 4 nitrogen and oxygen atoms in total. The molecule has 0 saturated heterocycles. The Bertz CT molecular complexity index is 333. The largest absolute Gasteiger partial charge is 0.491 e. The number of nitrogens with zero attached hydrogens (tertiary/aromatic N) is 2. The Morgan fingerprint density at radius 3 is 2.75 bits per heavy atom. The zero-order valence-corrected chi connectivity index (χ0v) is 6.52. The maximum Gasteiger partial charge on any atom is 0.491 e. The van der Waals surface area contributed by atoms with Gasteiger partial charge in [-0.15, -0.1) is 0 Å². The lowest BCUT2D eigenvalue weighted by atomic mass is 9.78. The molecule has 0 aromatic carbocycles. The van der Waals surface area contributed by atoms with Crippen molar-refractivity contribution in [3.8, 4) is 6.07 Å². The summed E-state index contributed by atoms with van der Waals surface area (Å²) in [5.41, 5.74) is 0.991. The van der Waals surface area contributed by atoms with Gasteiger partial charge >= 0.3 is 7.12 Å². The first kappa shape index (κ1) is 8.72. The Morgan fingerprint density at radius 2 is 2.25 bits per heavy atom. The summed E-state index contributed by atoms with van der Waals surface area (Å²) in [4.78, 5) is 3.74. The van der Waals surface area contributed by atoms with Crippen molar-refractivity contribution in [3.63, 3.8) is 0 Å². The van der Waals surface area contributed by atoms with Crippen molar-refractivity contribution in [2.45, 2.75) is 6.92 Å². The summed E-state index contributed by atoms with van der Waals surface area (Å²) in [6.07, 6.45) is 1.50. The van der Waals surface area contributed by atoms with E-state index in [1.807, 2.05) is 0 Å². The van der Waals surface area contributed by atoms with Crippen LogP contribution < -0.4 is 5.46 Å². The summed E-state index contributed by atoms with van der Waals surface area (Å²) in [6.45, 7) is 1.76. The van der Waals surface area contributed by atoms with Gasteiger partial charge in [0.2, 0.25) is 0 Å². The predicted molar refractivity (Wildman–Crippen MR) is 43.5 cm³/mol. The van der Waals surface area contributed by atoms with Crippen molar-refractivity contribution in [1.29, 1.82) is 5.26 Å². The lowest BCUT2D eigenvalue weighted by Crippen LogP contribution is -2.33. The highest BCUT2D eigenvalue weighted by Gasteiger charge is 2.16. The van der Waals surface area contributed by atoms with Crippen molar-refractivity contribution in [2.75, 3.05) is 0 Å². The van der Waals surface area contributed by atoms with Crippen molar-refractivity contribution < 1.29 is 10.0 Å². The summed E-state index contributed by atoms with van der Waals surface area (Å²) < 4.78 is 0. The van der Waals surface area contributed by atoms with Crippen molar-refractivity contribution in [3.05, 3.63) is 23.5 Å². The number of aromatic nitrogens is 1. The van der Waals surface area contributed by atoms with Crippen LogP contribution in [-0.2, 0) is 0 Å². The Hall–Kier alpha value is -1.38. The van der Waals surface area contributed by atoms with Crippen LogP contribution in [0.2, 0.25) is 0 Å². The van der Waals surface area contributed by atoms with Crippen LogP contribution in [0.25, 0.3) is 0 Å². The molecule has 0 unspecified atom stereocenters. The molecule has 0 saturated carbocycles.